The molecular weight excluding hydrogens is 290 g/mol. The zero-order valence-electron chi connectivity index (χ0n) is 14.7. The van der Waals surface area contributed by atoms with Gasteiger partial charge in [-0.2, -0.15) is 0 Å². The van der Waals surface area contributed by atoms with Crippen molar-refractivity contribution in [2.24, 2.45) is 4.99 Å². The van der Waals surface area contributed by atoms with Gasteiger partial charge in [0.05, 0.1) is 13.2 Å². The minimum absolute atomic E-state index is 0.645. The lowest BCUT2D eigenvalue weighted by atomic mass is 10.1. The number of nitrogens with zero attached hydrogens (tertiary/aromatic N) is 1. The molecule has 23 heavy (non-hydrogen) atoms. The Kier molecular flexibility index (Phi) is 10.9. The van der Waals surface area contributed by atoms with Gasteiger partial charge in [-0.05, 0) is 32.3 Å². The first-order valence-corrected chi connectivity index (χ1v) is 8.40. The molecule has 0 aromatic heterocycles. The Hall–Kier alpha value is -1.59. The van der Waals surface area contributed by atoms with Gasteiger partial charge in [0, 0.05) is 33.4 Å². The number of aryl methyl sites for hydroxylation is 1. The van der Waals surface area contributed by atoms with Crippen molar-refractivity contribution in [2.45, 2.75) is 26.7 Å². The third-order valence-electron chi connectivity index (χ3n) is 3.32. The molecule has 0 aliphatic rings. The predicted molar refractivity (Wildman–Crippen MR) is 96.2 cm³/mol. The Morgan fingerprint density at radius 2 is 1.87 bits per heavy atom. The third kappa shape index (κ3) is 9.92. The lowest BCUT2D eigenvalue weighted by Gasteiger charge is -2.11. The molecule has 0 saturated heterocycles. The second-order valence-corrected chi connectivity index (χ2v) is 5.38. The van der Waals surface area contributed by atoms with Crippen molar-refractivity contribution in [1.82, 2.24) is 10.6 Å². The first kappa shape index (κ1) is 19.5. The molecule has 0 atom stereocenters. The van der Waals surface area contributed by atoms with Gasteiger partial charge in [0.25, 0.3) is 0 Å². The summed E-state index contributed by atoms with van der Waals surface area (Å²) in [6.45, 7) is 8.69. The maximum atomic E-state index is 5.43. The molecule has 0 spiro atoms. The number of ether oxygens (including phenoxy) is 2. The van der Waals surface area contributed by atoms with Crippen LogP contribution in [0.3, 0.4) is 0 Å². The summed E-state index contributed by atoms with van der Waals surface area (Å²) in [5, 5.41) is 6.64. The minimum Gasteiger partial charge on any atom is -0.382 e. The summed E-state index contributed by atoms with van der Waals surface area (Å²) in [6, 6.07) is 8.66. The highest BCUT2D eigenvalue weighted by molar-refractivity contribution is 5.79. The molecule has 0 bridgehead atoms. The summed E-state index contributed by atoms with van der Waals surface area (Å²) in [5.74, 6) is 0.872. The van der Waals surface area contributed by atoms with E-state index in [1.165, 1.54) is 11.1 Å². The molecule has 0 saturated carbocycles. The molecule has 1 aromatic carbocycles. The Morgan fingerprint density at radius 3 is 2.57 bits per heavy atom. The number of hydrogen-bond acceptors (Lipinski definition) is 3. The second kappa shape index (κ2) is 12.9. The van der Waals surface area contributed by atoms with Crippen LogP contribution in [0.2, 0.25) is 0 Å². The van der Waals surface area contributed by atoms with Gasteiger partial charge in [0.1, 0.15) is 0 Å². The molecule has 5 nitrogen and oxygen atoms in total. The van der Waals surface area contributed by atoms with Gasteiger partial charge in [-0.15, -0.1) is 0 Å². The minimum atomic E-state index is 0.645. The fraction of sp³-hybridized carbons (Fsp3) is 0.611. The van der Waals surface area contributed by atoms with Crippen molar-refractivity contribution >= 4 is 5.96 Å². The van der Waals surface area contributed by atoms with Crippen molar-refractivity contribution < 1.29 is 9.47 Å². The van der Waals surface area contributed by atoms with Crippen LogP contribution in [0, 0.1) is 6.92 Å². The van der Waals surface area contributed by atoms with Crippen LogP contribution in [0.4, 0.5) is 0 Å². The van der Waals surface area contributed by atoms with Crippen LogP contribution in [0.25, 0.3) is 0 Å². The Bertz CT molecular complexity index is 432. The van der Waals surface area contributed by atoms with Gasteiger partial charge in [-0.25, -0.2) is 0 Å². The van der Waals surface area contributed by atoms with E-state index in [9.17, 15) is 0 Å². The molecule has 0 aliphatic heterocycles. The van der Waals surface area contributed by atoms with Crippen LogP contribution in [-0.4, -0.2) is 52.5 Å². The summed E-state index contributed by atoms with van der Waals surface area (Å²) >= 11 is 0. The van der Waals surface area contributed by atoms with Crippen molar-refractivity contribution in [2.75, 3.05) is 46.6 Å². The van der Waals surface area contributed by atoms with Crippen molar-refractivity contribution in [1.29, 1.82) is 0 Å². The zero-order valence-corrected chi connectivity index (χ0v) is 14.7. The van der Waals surface area contributed by atoms with E-state index in [2.05, 4.69) is 53.7 Å². The number of rotatable bonds is 11. The van der Waals surface area contributed by atoms with E-state index < -0.39 is 0 Å². The Morgan fingerprint density at radius 1 is 1.09 bits per heavy atom. The quantitative estimate of drug-likeness (QED) is 0.372. The average molecular weight is 321 g/mol. The maximum absolute atomic E-state index is 5.43. The predicted octanol–water partition coefficient (Wildman–Crippen LogP) is 2.15. The van der Waals surface area contributed by atoms with Crippen LogP contribution >= 0.6 is 0 Å². The smallest absolute Gasteiger partial charge is 0.191 e. The normalized spacial score (nSPS) is 11.5. The monoisotopic (exact) mass is 321 g/mol. The Labute approximate surface area is 140 Å². The largest absolute Gasteiger partial charge is 0.382 e. The van der Waals surface area contributed by atoms with E-state index in [1.54, 1.807) is 7.11 Å². The fourth-order valence-corrected chi connectivity index (χ4v) is 2.02. The third-order valence-corrected chi connectivity index (χ3v) is 3.32. The number of methoxy groups -OCH3 is 1. The number of guanidine groups is 1. The van der Waals surface area contributed by atoms with Gasteiger partial charge >= 0.3 is 0 Å². The van der Waals surface area contributed by atoms with Gasteiger partial charge in [-0.1, -0.05) is 29.8 Å². The lowest BCUT2D eigenvalue weighted by molar-refractivity contribution is 0.0702. The van der Waals surface area contributed by atoms with Gasteiger partial charge in [0.2, 0.25) is 0 Å². The van der Waals surface area contributed by atoms with Crippen LogP contribution in [-0.2, 0) is 15.9 Å². The van der Waals surface area contributed by atoms with E-state index in [1.807, 2.05) is 0 Å². The molecular formula is C18H31N3O2. The number of benzene rings is 1. The summed E-state index contributed by atoms with van der Waals surface area (Å²) < 4.78 is 10.4. The summed E-state index contributed by atoms with van der Waals surface area (Å²) in [5.41, 5.74) is 2.63. The van der Waals surface area contributed by atoms with Crippen molar-refractivity contribution in [3.8, 4) is 0 Å². The first-order chi connectivity index (χ1) is 11.3. The van der Waals surface area contributed by atoms with Gasteiger partial charge in [-0.3, -0.25) is 4.99 Å². The zero-order chi connectivity index (χ0) is 16.8. The standard InChI is InChI=1S/C18H31N3O2/c1-4-19-18(20-11-5-13-23-15-14-22-3)21-12-10-17-8-6-16(2)7-9-17/h6-9H,4-5,10-15H2,1-3H3,(H2,19,20,21). The van der Waals surface area contributed by atoms with E-state index in [4.69, 9.17) is 9.47 Å². The Balaban J connectivity index is 2.22. The van der Waals surface area contributed by atoms with Crippen molar-refractivity contribution in [3.05, 3.63) is 35.4 Å². The highest BCUT2D eigenvalue weighted by Gasteiger charge is 1.98. The molecule has 0 aliphatic carbocycles. The maximum Gasteiger partial charge on any atom is 0.191 e. The summed E-state index contributed by atoms with van der Waals surface area (Å²) in [4.78, 5) is 4.56. The highest BCUT2D eigenvalue weighted by atomic mass is 16.5. The van der Waals surface area contributed by atoms with Crippen LogP contribution in [0.15, 0.2) is 29.3 Å². The second-order valence-electron chi connectivity index (χ2n) is 5.38. The fourth-order valence-electron chi connectivity index (χ4n) is 2.02. The SMILES string of the molecule is CCNC(=NCCCOCCOC)NCCc1ccc(C)cc1. The van der Waals surface area contributed by atoms with Gasteiger partial charge in [0.15, 0.2) is 5.96 Å². The molecule has 1 rings (SSSR count). The van der Waals surface area contributed by atoms with Crippen molar-refractivity contribution in [3.63, 3.8) is 0 Å². The molecule has 0 unspecified atom stereocenters. The molecule has 0 radical (unpaired) electrons. The topological polar surface area (TPSA) is 54.9 Å². The first-order valence-electron chi connectivity index (χ1n) is 8.40. The molecule has 0 fully saturated rings. The van der Waals surface area contributed by atoms with Gasteiger partial charge < -0.3 is 20.1 Å². The number of hydrogen-bond donors (Lipinski definition) is 2. The summed E-state index contributed by atoms with van der Waals surface area (Å²) in [7, 11) is 1.68. The molecule has 0 heterocycles. The van der Waals surface area contributed by atoms with E-state index >= 15 is 0 Å². The van der Waals surface area contributed by atoms with Crippen LogP contribution < -0.4 is 10.6 Å². The molecule has 0 amide bonds. The summed E-state index contributed by atoms with van der Waals surface area (Å²) in [6.07, 6.45) is 1.91. The van der Waals surface area contributed by atoms with Crippen LogP contribution in [0.5, 0.6) is 0 Å². The molecule has 130 valence electrons. The van der Waals surface area contributed by atoms with E-state index in [-0.39, 0.29) is 0 Å². The molecule has 5 heteroatoms. The lowest BCUT2D eigenvalue weighted by Crippen LogP contribution is -2.38. The number of nitrogens with one attached hydrogen (secondary N) is 2. The molecule has 2 N–H and O–H groups in total. The van der Waals surface area contributed by atoms with E-state index in [0.717, 1.165) is 45.0 Å². The highest BCUT2D eigenvalue weighted by Crippen LogP contribution is 2.03. The molecule has 1 aromatic rings. The number of aliphatic imine (C=N–C) groups is 1. The average Bonchev–Trinajstić information content (AvgIpc) is 2.56. The van der Waals surface area contributed by atoms with Crippen LogP contribution in [0.1, 0.15) is 24.5 Å². The van der Waals surface area contributed by atoms with E-state index in [0.29, 0.717) is 13.2 Å².